The molecular formula is H2Cl6P2. The van der Waals surface area contributed by atoms with E-state index in [4.69, 9.17) is 67.4 Å². The van der Waals surface area contributed by atoms with Crippen LogP contribution in [0, 0.1) is 0 Å². The van der Waals surface area contributed by atoms with E-state index in [1.54, 1.807) is 0 Å². The Morgan fingerprint density at radius 2 is 0.625 bits per heavy atom. The van der Waals surface area contributed by atoms with E-state index in [2.05, 4.69) is 0 Å². The number of hydrogen-bond acceptors (Lipinski definition) is 0. The molecule has 0 heterocycles. The molecule has 0 N–H and O–H groups in total. The first kappa shape index (κ1) is 10.6. The molecule has 0 spiro atoms. The molecule has 0 aliphatic heterocycles. The van der Waals surface area contributed by atoms with Crippen LogP contribution in [0.25, 0.3) is 0 Å². The van der Waals surface area contributed by atoms with Gasteiger partial charge in [0.1, 0.15) is 0 Å². The maximum absolute atomic E-state index is 5.34. The predicted octanol–water partition coefficient (Wildman–Crippen LogP) is 5.32. The van der Waals surface area contributed by atoms with Gasteiger partial charge in [0, 0.05) is 0 Å². The van der Waals surface area contributed by atoms with Crippen LogP contribution in [-0.2, 0) is 0 Å². The maximum atomic E-state index is 5.34. The van der Waals surface area contributed by atoms with Gasteiger partial charge in [0.25, 0.3) is 0 Å². The Kier molecular flexibility index (Phi) is 4.41. The third kappa shape index (κ3) is 3.69. The van der Waals surface area contributed by atoms with Gasteiger partial charge in [-0.05, 0) is 0 Å². The van der Waals surface area contributed by atoms with E-state index in [1.165, 1.54) is 0 Å². The summed E-state index contributed by atoms with van der Waals surface area (Å²) in [7, 11) is 0. The van der Waals surface area contributed by atoms with Gasteiger partial charge in [0.15, 0.2) is 0 Å². The van der Waals surface area contributed by atoms with E-state index in [1.807, 2.05) is 0 Å². The van der Waals surface area contributed by atoms with Crippen LogP contribution in [0.15, 0.2) is 0 Å². The topological polar surface area (TPSA) is 0 Å². The molecule has 0 aromatic heterocycles. The van der Waals surface area contributed by atoms with Crippen LogP contribution in [0.3, 0.4) is 0 Å². The van der Waals surface area contributed by atoms with Crippen LogP contribution >= 0.6 is 77.5 Å². The first-order valence-corrected chi connectivity index (χ1v) is 12.5. The summed E-state index contributed by atoms with van der Waals surface area (Å²) in [5.41, 5.74) is 0. The molecule has 8 heteroatoms. The Morgan fingerprint density at radius 3 is 0.625 bits per heavy atom. The second kappa shape index (κ2) is 3.33. The molecule has 54 valence electrons. The van der Waals surface area contributed by atoms with Gasteiger partial charge in [-0.15, -0.1) is 0 Å². The van der Waals surface area contributed by atoms with Crippen molar-refractivity contribution in [3.05, 3.63) is 0 Å². The molecule has 8 heavy (non-hydrogen) atoms. The van der Waals surface area contributed by atoms with E-state index in [-0.39, 0.29) is 0 Å². The van der Waals surface area contributed by atoms with Gasteiger partial charge >= 0.3 is 77.5 Å². The minimum atomic E-state index is -3.01. The standard InChI is InChI=1S/Cl6H2P2/c1-7(2,3)8(4,5)6/h7-8H. The Hall–Kier alpha value is 2.60. The van der Waals surface area contributed by atoms with E-state index in [0.29, 0.717) is 0 Å². The second-order valence-corrected chi connectivity index (χ2v) is 26.9. The third-order valence-electron chi connectivity index (χ3n) is 0.321. The molecule has 0 fully saturated rings. The molecule has 0 nitrogen and oxygen atoms in total. The zero-order valence-corrected chi connectivity index (χ0v) is 9.80. The van der Waals surface area contributed by atoms with Crippen molar-refractivity contribution in [2.24, 2.45) is 0 Å². The number of hydrogen-bond donors (Lipinski definition) is 0. The van der Waals surface area contributed by atoms with Gasteiger partial charge in [0.2, 0.25) is 0 Å². The zero-order chi connectivity index (χ0) is 7.00. The summed E-state index contributed by atoms with van der Waals surface area (Å²) >= 11 is 32.1. The van der Waals surface area contributed by atoms with E-state index in [0.717, 1.165) is 0 Å². The average Bonchev–Trinajstić information content (AvgIpc) is 1.25. The van der Waals surface area contributed by atoms with Crippen LogP contribution in [0.2, 0.25) is 0 Å². The molecule has 0 radical (unpaired) electrons. The first-order valence-electron chi connectivity index (χ1n) is 1.38. The molecule has 0 unspecified atom stereocenters. The molecule has 0 bridgehead atoms. The van der Waals surface area contributed by atoms with Gasteiger partial charge in [0.05, 0.1) is 0 Å². The first-order chi connectivity index (χ1) is 3.25. The van der Waals surface area contributed by atoms with Crippen LogP contribution in [0.4, 0.5) is 0 Å². The summed E-state index contributed by atoms with van der Waals surface area (Å²) in [6, 6.07) is 0. The summed E-state index contributed by atoms with van der Waals surface area (Å²) < 4.78 is 0. The van der Waals surface area contributed by atoms with Gasteiger partial charge < -0.3 is 0 Å². The van der Waals surface area contributed by atoms with Gasteiger partial charge in [-0.3, -0.25) is 0 Å². The summed E-state index contributed by atoms with van der Waals surface area (Å²) in [6.45, 7) is 0. The summed E-state index contributed by atoms with van der Waals surface area (Å²) in [5.74, 6) is 0. The Bertz CT molecular complexity index is 61.5. The molecule has 0 aliphatic rings. The van der Waals surface area contributed by atoms with Crippen molar-refractivity contribution in [1.82, 2.24) is 0 Å². The van der Waals surface area contributed by atoms with Gasteiger partial charge in [-0.2, -0.15) is 0 Å². The molecule has 0 atom stereocenters. The van der Waals surface area contributed by atoms with Crippen molar-refractivity contribution >= 4 is 77.5 Å². The second-order valence-electron chi connectivity index (χ2n) is 0.996. The van der Waals surface area contributed by atoms with Crippen molar-refractivity contribution in [1.29, 1.82) is 0 Å². The van der Waals surface area contributed by atoms with Gasteiger partial charge in [-0.1, -0.05) is 0 Å². The molecule has 0 saturated carbocycles. The monoisotopic (exact) mass is 274 g/mol. The van der Waals surface area contributed by atoms with Crippen molar-refractivity contribution in [2.45, 2.75) is 0 Å². The van der Waals surface area contributed by atoms with Crippen molar-refractivity contribution < 1.29 is 0 Å². The number of rotatable bonds is 1. The van der Waals surface area contributed by atoms with Crippen molar-refractivity contribution in [3.8, 4) is 0 Å². The molecule has 0 aromatic rings. The van der Waals surface area contributed by atoms with Crippen LogP contribution in [-0.4, -0.2) is 0 Å². The quantitative estimate of drug-likeness (QED) is 0.568. The zero-order valence-electron chi connectivity index (χ0n) is 3.27. The molecule has 0 aliphatic carbocycles. The van der Waals surface area contributed by atoms with E-state index in [9.17, 15) is 0 Å². The fourth-order valence-corrected chi connectivity index (χ4v) is 0. The molecule has 0 amide bonds. The van der Waals surface area contributed by atoms with Crippen LogP contribution < -0.4 is 0 Å². The van der Waals surface area contributed by atoms with Crippen LogP contribution in [0.5, 0.6) is 0 Å². The normalized spacial score (nSPS) is 18.2. The molecular weight excluding hydrogens is 275 g/mol. The Balaban J connectivity index is 4.02. The summed E-state index contributed by atoms with van der Waals surface area (Å²) in [6.07, 6.45) is 0. The van der Waals surface area contributed by atoms with Gasteiger partial charge in [-0.25, -0.2) is 0 Å². The SMILES string of the molecule is Cl[PH](Cl)(Cl)[PH](Cl)(Cl)Cl. The summed E-state index contributed by atoms with van der Waals surface area (Å²) in [4.78, 5) is 0. The molecule has 0 rings (SSSR count). The molecule has 0 saturated heterocycles. The van der Waals surface area contributed by atoms with E-state index >= 15 is 0 Å². The fourth-order valence-electron chi connectivity index (χ4n) is 0. The minimum absolute atomic E-state index is 3.01. The number of halogens is 6. The third-order valence-corrected chi connectivity index (χ3v) is 26.0. The Morgan fingerprint density at radius 1 is 0.500 bits per heavy atom. The average molecular weight is 277 g/mol. The fraction of sp³-hybridized carbons (Fsp3) is 0. The Labute approximate surface area is 77.0 Å². The van der Waals surface area contributed by atoms with Crippen molar-refractivity contribution in [2.75, 3.05) is 0 Å². The van der Waals surface area contributed by atoms with Crippen LogP contribution in [0.1, 0.15) is 0 Å². The van der Waals surface area contributed by atoms with Crippen molar-refractivity contribution in [3.63, 3.8) is 0 Å². The van der Waals surface area contributed by atoms with E-state index < -0.39 is 10.0 Å². The summed E-state index contributed by atoms with van der Waals surface area (Å²) in [5, 5.41) is -6.01. The molecule has 0 aromatic carbocycles. The predicted molar refractivity (Wildman–Crippen MR) is 51.7 cm³/mol.